The Morgan fingerprint density at radius 1 is 0.806 bits per heavy atom. The van der Waals surface area contributed by atoms with Gasteiger partial charge in [-0.05, 0) is 65.9 Å². The molecule has 0 saturated heterocycles. The van der Waals surface area contributed by atoms with Crippen LogP contribution in [0.15, 0.2) is 97.6 Å². The van der Waals surface area contributed by atoms with Crippen LogP contribution < -0.4 is 9.47 Å². The largest absolute Gasteiger partial charge is 0.485 e. The topological polar surface area (TPSA) is 78.9 Å². The molecule has 0 fully saturated rings. The maximum atomic E-state index is 12.3. The molecule has 0 aromatic heterocycles. The number of hydrogen-bond donors (Lipinski definition) is 0. The predicted octanol–water partition coefficient (Wildman–Crippen LogP) is 5.65. The van der Waals surface area contributed by atoms with Gasteiger partial charge in [0.25, 0.3) is 0 Å². The lowest BCUT2D eigenvalue weighted by molar-refractivity contribution is -0.140. The molecule has 0 aliphatic rings. The standard InChI is InChI=1S/C30H28O6/c1-4-26(31)20-34-27-14-7-22(8-15-27)9-18-29(32)36-28-16-12-25(13-17-28)24-10-5-23(6-11-24)19-35-30(33)21(2)3/h4-8,10-17H,1-2,9,18-20H2,3H3. The molecule has 6 nitrogen and oxygen atoms in total. The molecule has 36 heavy (non-hydrogen) atoms. The number of rotatable bonds is 12. The van der Waals surface area contributed by atoms with Gasteiger partial charge in [-0.2, -0.15) is 0 Å². The molecule has 0 heterocycles. The van der Waals surface area contributed by atoms with E-state index >= 15 is 0 Å². The van der Waals surface area contributed by atoms with E-state index in [1.165, 1.54) is 6.08 Å². The van der Waals surface area contributed by atoms with Crippen molar-refractivity contribution in [2.24, 2.45) is 0 Å². The van der Waals surface area contributed by atoms with E-state index in [1.807, 2.05) is 48.5 Å². The lowest BCUT2D eigenvalue weighted by Gasteiger charge is -2.08. The minimum atomic E-state index is -0.412. The predicted molar refractivity (Wildman–Crippen MR) is 138 cm³/mol. The fourth-order valence-electron chi connectivity index (χ4n) is 3.18. The lowest BCUT2D eigenvalue weighted by Crippen LogP contribution is -2.09. The van der Waals surface area contributed by atoms with Crippen molar-refractivity contribution < 1.29 is 28.6 Å². The third-order valence-corrected chi connectivity index (χ3v) is 5.24. The van der Waals surface area contributed by atoms with E-state index in [2.05, 4.69) is 13.2 Å². The molecule has 3 aromatic rings. The van der Waals surface area contributed by atoms with Crippen molar-refractivity contribution in [3.8, 4) is 22.6 Å². The summed E-state index contributed by atoms with van der Waals surface area (Å²) in [5.41, 5.74) is 4.17. The molecule has 0 bridgehead atoms. The number of benzene rings is 3. The summed E-state index contributed by atoms with van der Waals surface area (Å²) >= 11 is 0. The second-order valence-corrected chi connectivity index (χ2v) is 8.15. The molecule has 3 rings (SSSR count). The van der Waals surface area contributed by atoms with Crippen LogP contribution in [0.3, 0.4) is 0 Å². The lowest BCUT2D eigenvalue weighted by atomic mass is 10.0. The second kappa shape index (κ2) is 12.9. The summed E-state index contributed by atoms with van der Waals surface area (Å²) < 4.78 is 16.0. The fourth-order valence-corrected chi connectivity index (χ4v) is 3.18. The smallest absolute Gasteiger partial charge is 0.333 e. The Morgan fingerprint density at radius 2 is 1.36 bits per heavy atom. The van der Waals surface area contributed by atoms with Crippen molar-refractivity contribution in [1.82, 2.24) is 0 Å². The zero-order valence-electron chi connectivity index (χ0n) is 20.2. The highest BCUT2D eigenvalue weighted by Crippen LogP contribution is 2.23. The minimum Gasteiger partial charge on any atom is -0.485 e. The summed E-state index contributed by atoms with van der Waals surface area (Å²) in [6.45, 7) is 8.72. The zero-order chi connectivity index (χ0) is 25.9. The molecule has 0 aliphatic heterocycles. The van der Waals surface area contributed by atoms with E-state index in [9.17, 15) is 14.4 Å². The summed E-state index contributed by atoms with van der Waals surface area (Å²) in [6.07, 6.45) is 1.98. The Bertz CT molecular complexity index is 1220. The highest BCUT2D eigenvalue weighted by Gasteiger charge is 2.08. The van der Waals surface area contributed by atoms with E-state index in [0.29, 0.717) is 23.5 Å². The summed E-state index contributed by atoms with van der Waals surface area (Å²) in [5.74, 6) is 0.130. The highest BCUT2D eigenvalue weighted by molar-refractivity contribution is 5.90. The third-order valence-electron chi connectivity index (χ3n) is 5.24. The fraction of sp³-hybridized carbons (Fsp3) is 0.167. The Kier molecular flexibility index (Phi) is 9.34. The van der Waals surface area contributed by atoms with Crippen LogP contribution in [0.1, 0.15) is 24.5 Å². The number of carbonyl (C=O) groups is 3. The van der Waals surface area contributed by atoms with Crippen molar-refractivity contribution >= 4 is 17.7 Å². The maximum absolute atomic E-state index is 12.3. The van der Waals surface area contributed by atoms with Crippen LogP contribution in [0, 0.1) is 0 Å². The van der Waals surface area contributed by atoms with Crippen LogP contribution in [-0.4, -0.2) is 24.3 Å². The molecule has 0 aliphatic carbocycles. The van der Waals surface area contributed by atoms with Gasteiger partial charge in [0.15, 0.2) is 12.4 Å². The molecule has 6 heteroatoms. The first kappa shape index (κ1) is 26.2. The molecule has 3 aromatic carbocycles. The molecule has 184 valence electrons. The normalized spacial score (nSPS) is 10.2. The molecule has 0 radical (unpaired) electrons. The van der Waals surface area contributed by atoms with E-state index in [4.69, 9.17) is 14.2 Å². The van der Waals surface area contributed by atoms with E-state index in [0.717, 1.165) is 22.3 Å². The number of carbonyl (C=O) groups excluding carboxylic acids is 3. The number of hydrogen-bond acceptors (Lipinski definition) is 6. The monoisotopic (exact) mass is 484 g/mol. The molecule has 0 atom stereocenters. The number of aryl methyl sites for hydroxylation is 1. The highest BCUT2D eigenvalue weighted by atomic mass is 16.5. The number of ether oxygens (including phenoxy) is 3. The van der Waals surface area contributed by atoms with Crippen molar-refractivity contribution in [2.75, 3.05) is 6.61 Å². The molecular formula is C30H28O6. The SMILES string of the molecule is C=CC(=O)COc1ccc(CCC(=O)Oc2ccc(-c3ccc(COC(=O)C(=C)C)cc3)cc2)cc1. The van der Waals surface area contributed by atoms with Gasteiger partial charge in [0.2, 0.25) is 0 Å². The van der Waals surface area contributed by atoms with Gasteiger partial charge in [-0.25, -0.2) is 4.79 Å². The van der Waals surface area contributed by atoms with Crippen molar-refractivity contribution in [1.29, 1.82) is 0 Å². The van der Waals surface area contributed by atoms with Crippen LogP contribution in [0.5, 0.6) is 11.5 Å². The molecular weight excluding hydrogens is 456 g/mol. The van der Waals surface area contributed by atoms with Gasteiger partial charge in [-0.3, -0.25) is 9.59 Å². The average molecular weight is 485 g/mol. The first-order valence-electron chi connectivity index (χ1n) is 11.4. The Labute approximate surface area is 210 Å². The summed E-state index contributed by atoms with van der Waals surface area (Å²) in [7, 11) is 0. The summed E-state index contributed by atoms with van der Waals surface area (Å²) in [6, 6.07) is 22.2. The summed E-state index contributed by atoms with van der Waals surface area (Å²) in [4.78, 5) is 35.0. The van der Waals surface area contributed by atoms with E-state index < -0.39 is 5.97 Å². The Hall–Kier alpha value is -4.45. The van der Waals surface area contributed by atoms with Crippen LogP contribution >= 0.6 is 0 Å². The van der Waals surface area contributed by atoms with Crippen LogP contribution in [-0.2, 0) is 32.1 Å². The van der Waals surface area contributed by atoms with Gasteiger partial charge in [-0.15, -0.1) is 0 Å². The first-order chi connectivity index (χ1) is 17.3. The quantitative estimate of drug-likeness (QED) is 0.188. The van der Waals surface area contributed by atoms with Crippen LogP contribution in [0.4, 0.5) is 0 Å². The third kappa shape index (κ3) is 8.09. The van der Waals surface area contributed by atoms with Crippen molar-refractivity contribution in [2.45, 2.75) is 26.4 Å². The maximum Gasteiger partial charge on any atom is 0.333 e. The van der Waals surface area contributed by atoms with Gasteiger partial charge < -0.3 is 14.2 Å². The second-order valence-electron chi connectivity index (χ2n) is 8.15. The van der Waals surface area contributed by atoms with Crippen molar-refractivity contribution in [3.63, 3.8) is 0 Å². The Morgan fingerprint density at radius 3 is 1.94 bits per heavy atom. The molecule has 0 N–H and O–H groups in total. The van der Waals surface area contributed by atoms with Gasteiger partial charge in [-0.1, -0.05) is 61.7 Å². The van der Waals surface area contributed by atoms with E-state index in [1.54, 1.807) is 31.2 Å². The van der Waals surface area contributed by atoms with Crippen molar-refractivity contribution in [3.05, 3.63) is 109 Å². The van der Waals surface area contributed by atoms with Gasteiger partial charge in [0.05, 0.1) is 0 Å². The molecule has 0 saturated carbocycles. The van der Waals surface area contributed by atoms with Gasteiger partial charge in [0.1, 0.15) is 18.1 Å². The van der Waals surface area contributed by atoms with Gasteiger partial charge in [0, 0.05) is 12.0 Å². The number of ketones is 1. The van der Waals surface area contributed by atoms with Gasteiger partial charge >= 0.3 is 11.9 Å². The first-order valence-corrected chi connectivity index (χ1v) is 11.4. The number of esters is 2. The van der Waals surface area contributed by atoms with E-state index in [-0.39, 0.29) is 31.4 Å². The Balaban J connectivity index is 1.46. The zero-order valence-corrected chi connectivity index (χ0v) is 20.2. The summed E-state index contributed by atoms with van der Waals surface area (Å²) in [5, 5.41) is 0. The average Bonchev–Trinajstić information content (AvgIpc) is 2.90. The molecule has 0 amide bonds. The van der Waals surface area contributed by atoms with Crippen LogP contribution in [0.25, 0.3) is 11.1 Å². The molecule has 0 unspecified atom stereocenters. The molecule has 0 spiro atoms. The minimum absolute atomic E-state index is 0.0494. The van der Waals surface area contributed by atoms with Crippen LogP contribution in [0.2, 0.25) is 0 Å².